The van der Waals surface area contributed by atoms with Crippen LogP contribution in [0.15, 0.2) is 0 Å². The molecule has 0 unspecified atom stereocenters. The lowest BCUT2D eigenvalue weighted by Gasteiger charge is -2.23. The van der Waals surface area contributed by atoms with E-state index in [1.807, 2.05) is 0 Å². The zero-order valence-electron chi connectivity index (χ0n) is 15.4. The van der Waals surface area contributed by atoms with E-state index in [2.05, 4.69) is 6.92 Å². The quantitative estimate of drug-likeness (QED) is 0.123. The van der Waals surface area contributed by atoms with Crippen molar-refractivity contribution in [3.8, 4) is 11.2 Å². The summed E-state index contributed by atoms with van der Waals surface area (Å²) in [6.45, 7) is 2.15. The molecule has 0 aliphatic heterocycles. The molecule has 0 aromatic carbocycles. The Bertz CT molecular complexity index is 675. The summed E-state index contributed by atoms with van der Waals surface area (Å²) in [4.78, 5) is 35.6. The molecular formula is C15H30O9P2S. The van der Waals surface area contributed by atoms with Crippen LogP contribution in [0.4, 0.5) is 0 Å². The summed E-state index contributed by atoms with van der Waals surface area (Å²) in [6, 6.07) is 0. The van der Waals surface area contributed by atoms with Crippen LogP contribution < -0.4 is 0 Å². The molecule has 0 spiro atoms. The molecule has 0 aromatic rings. The van der Waals surface area contributed by atoms with E-state index < -0.39 is 35.9 Å². The predicted octanol–water partition coefficient (Wildman–Crippen LogP) is 2.28. The number of hydrogen-bond donors (Lipinski definition) is 5. The lowest BCUT2D eigenvalue weighted by molar-refractivity contribution is 0.175. The molecule has 0 amide bonds. The average Bonchev–Trinajstić information content (AvgIpc) is 2.52. The molecule has 0 rings (SSSR count). The molecule has 27 heavy (non-hydrogen) atoms. The third kappa shape index (κ3) is 10.2. The first-order chi connectivity index (χ1) is 12.3. The first-order valence-corrected chi connectivity index (χ1v) is 13.7. The van der Waals surface area contributed by atoms with Gasteiger partial charge in [-0.2, -0.15) is 0 Å². The van der Waals surface area contributed by atoms with Gasteiger partial charge >= 0.3 is 20.3 Å². The molecule has 0 saturated carbocycles. The molecule has 0 fully saturated rings. The third-order valence-electron chi connectivity index (χ3n) is 3.95. The highest BCUT2D eigenvalue weighted by atomic mass is 32.2. The number of unbranched alkanes of at least 4 members (excludes halogenated alkanes) is 9. The first-order valence-electron chi connectivity index (χ1n) is 8.87. The highest BCUT2D eigenvalue weighted by Crippen LogP contribution is 2.67. The fourth-order valence-electron chi connectivity index (χ4n) is 2.29. The molecule has 0 saturated heterocycles. The van der Waals surface area contributed by atoms with E-state index in [0.717, 1.165) is 25.7 Å². The second-order valence-corrected chi connectivity index (χ2v) is 12.1. The van der Waals surface area contributed by atoms with Gasteiger partial charge in [0.15, 0.2) is 0 Å². The molecule has 0 bridgehead atoms. The average molecular weight is 448 g/mol. The van der Waals surface area contributed by atoms with Crippen molar-refractivity contribution < 1.29 is 42.2 Å². The van der Waals surface area contributed by atoms with E-state index >= 15 is 0 Å². The normalized spacial score (nSPS) is 13.3. The van der Waals surface area contributed by atoms with Gasteiger partial charge in [0.1, 0.15) is 0 Å². The van der Waals surface area contributed by atoms with Crippen LogP contribution in [-0.2, 0) is 19.0 Å². The van der Waals surface area contributed by atoms with Crippen LogP contribution in [0.2, 0.25) is 0 Å². The molecule has 0 atom stereocenters. The van der Waals surface area contributed by atoms with Gasteiger partial charge in [-0.1, -0.05) is 64.7 Å². The van der Waals surface area contributed by atoms with E-state index in [9.17, 15) is 22.7 Å². The van der Waals surface area contributed by atoms with Gasteiger partial charge in [-0.15, -0.1) is 0 Å². The second-order valence-electron chi connectivity index (χ2n) is 6.45. The Morgan fingerprint density at radius 2 is 1.15 bits per heavy atom. The van der Waals surface area contributed by atoms with Crippen molar-refractivity contribution in [3.05, 3.63) is 0 Å². The van der Waals surface area contributed by atoms with Crippen LogP contribution in [0.3, 0.4) is 0 Å². The summed E-state index contributed by atoms with van der Waals surface area (Å²) in [7, 11) is -15.7. The second kappa shape index (κ2) is 11.7. The molecule has 12 heteroatoms. The van der Waals surface area contributed by atoms with Crippen molar-refractivity contribution in [2.45, 2.75) is 76.2 Å². The van der Waals surface area contributed by atoms with Gasteiger partial charge in [-0.25, -0.2) is 8.42 Å². The first kappa shape index (κ1) is 26.8. The maximum absolute atomic E-state index is 11.8. The van der Waals surface area contributed by atoms with Gasteiger partial charge in [0.05, 0.1) is 5.75 Å². The molecule has 0 heterocycles. The van der Waals surface area contributed by atoms with Crippen molar-refractivity contribution in [2.24, 2.45) is 0 Å². The van der Waals surface area contributed by atoms with E-state index in [-0.39, 0.29) is 6.42 Å². The summed E-state index contributed by atoms with van der Waals surface area (Å²) in [5.41, 5.74) is 0. The maximum atomic E-state index is 11.8. The molecular weight excluding hydrogens is 418 g/mol. The number of hydrogen-bond acceptors (Lipinski definition) is 5. The van der Waals surface area contributed by atoms with Gasteiger partial charge in [-0.3, -0.25) is 9.13 Å². The van der Waals surface area contributed by atoms with Crippen molar-refractivity contribution in [3.63, 3.8) is 0 Å². The molecule has 160 valence electrons. The zero-order valence-corrected chi connectivity index (χ0v) is 18.1. The fraction of sp³-hybridized carbons (Fsp3) is 0.867. The van der Waals surface area contributed by atoms with Crippen LogP contribution >= 0.6 is 15.2 Å². The van der Waals surface area contributed by atoms with Crippen LogP contribution in [0, 0.1) is 11.2 Å². The number of rotatable bonds is 13. The summed E-state index contributed by atoms with van der Waals surface area (Å²) in [5, 5.41) is 6.92. The van der Waals surface area contributed by atoms with E-state index in [4.69, 9.17) is 19.6 Å². The number of aliphatic hydroxyl groups is 1. The van der Waals surface area contributed by atoms with Crippen molar-refractivity contribution in [1.82, 2.24) is 0 Å². The summed E-state index contributed by atoms with van der Waals surface area (Å²) in [5.74, 6) is 0.771. The molecule has 0 aliphatic carbocycles. The molecule has 0 aliphatic rings. The summed E-state index contributed by atoms with van der Waals surface area (Å²) < 4.78 is 45.8. The van der Waals surface area contributed by atoms with E-state index in [1.165, 1.54) is 36.9 Å². The van der Waals surface area contributed by atoms with Crippen LogP contribution in [-0.4, -0.2) is 43.9 Å². The smallest absolute Gasteiger partial charge is 0.358 e. The maximum Gasteiger partial charge on any atom is 0.382 e. The SMILES string of the molecule is CCCCCCCCCCCCS(=O)(=O)C#CC(O)(P(=O)(O)O)P(=O)(O)O. The fourth-order valence-corrected chi connectivity index (χ4v) is 5.19. The highest BCUT2D eigenvalue weighted by Gasteiger charge is 2.59. The topological polar surface area (TPSA) is 169 Å². The van der Waals surface area contributed by atoms with E-state index in [1.54, 1.807) is 0 Å². The lowest BCUT2D eigenvalue weighted by Crippen LogP contribution is -2.27. The van der Waals surface area contributed by atoms with Gasteiger partial charge in [0.2, 0.25) is 9.84 Å². The lowest BCUT2D eigenvalue weighted by atomic mass is 10.1. The Morgan fingerprint density at radius 1 is 0.778 bits per heavy atom. The van der Waals surface area contributed by atoms with Crippen molar-refractivity contribution in [1.29, 1.82) is 0 Å². The predicted molar refractivity (Wildman–Crippen MR) is 102 cm³/mol. The molecule has 5 N–H and O–H groups in total. The molecule has 0 aromatic heterocycles. The van der Waals surface area contributed by atoms with Crippen LogP contribution in [0.5, 0.6) is 0 Å². The monoisotopic (exact) mass is 448 g/mol. The van der Waals surface area contributed by atoms with Gasteiger partial charge in [0.25, 0.3) is 0 Å². The Labute approximate surface area is 160 Å². The highest BCUT2D eigenvalue weighted by molar-refractivity contribution is 7.96. The minimum atomic E-state index is -5.80. The summed E-state index contributed by atoms with van der Waals surface area (Å²) in [6.07, 6.45) is 9.77. The zero-order chi connectivity index (χ0) is 21.2. The Morgan fingerprint density at radius 3 is 1.52 bits per heavy atom. The Balaban J connectivity index is 4.46. The largest absolute Gasteiger partial charge is 0.382 e. The van der Waals surface area contributed by atoms with Gasteiger partial charge < -0.3 is 24.7 Å². The van der Waals surface area contributed by atoms with Gasteiger partial charge in [-0.05, 0) is 12.3 Å². The third-order valence-corrected chi connectivity index (χ3v) is 8.60. The molecule has 0 radical (unpaired) electrons. The van der Waals surface area contributed by atoms with Crippen LogP contribution in [0.1, 0.15) is 71.1 Å². The summed E-state index contributed by atoms with van der Waals surface area (Å²) >= 11 is 0. The number of sulfone groups is 1. The van der Waals surface area contributed by atoms with E-state index in [0.29, 0.717) is 6.42 Å². The minimum absolute atomic E-state index is 0.261. The standard InChI is InChI=1S/C15H30O9P2S/c1-2-3-4-5-6-7-8-9-10-11-13-27(23,24)14-12-15(16,25(17,18)19)26(20,21)22/h16H,2-11,13H2,1H3,(H2,17,18,19)(H2,20,21,22). The van der Waals surface area contributed by atoms with Crippen molar-refractivity contribution >= 4 is 25.0 Å². The minimum Gasteiger partial charge on any atom is -0.358 e. The molecule has 9 nitrogen and oxygen atoms in total. The van der Waals surface area contributed by atoms with Crippen molar-refractivity contribution in [2.75, 3.05) is 5.75 Å². The van der Waals surface area contributed by atoms with Gasteiger partial charge in [0, 0.05) is 5.25 Å². The Hall–Kier alpha value is -0.230. The van der Waals surface area contributed by atoms with Crippen LogP contribution in [0.25, 0.3) is 0 Å². The Kier molecular flexibility index (Phi) is 11.6.